The van der Waals surface area contributed by atoms with Crippen molar-refractivity contribution < 1.29 is 23.8 Å². The van der Waals surface area contributed by atoms with Gasteiger partial charge in [-0.05, 0) is 29.7 Å². The molecule has 6 nitrogen and oxygen atoms in total. The molecule has 1 aliphatic heterocycles. The highest BCUT2D eigenvalue weighted by Gasteiger charge is 2.25. The van der Waals surface area contributed by atoms with E-state index in [-0.39, 0.29) is 36.6 Å². The molecule has 7 heteroatoms. The number of Topliss-reactive ketones (excluding diaryl/α,β-unsaturated/α-hetero) is 1. The van der Waals surface area contributed by atoms with Crippen LogP contribution in [0.3, 0.4) is 0 Å². The van der Waals surface area contributed by atoms with Crippen molar-refractivity contribution in [3.05, 3.63) is 71.2 Å². The van der Waals surface area contributed by atoms with Crippen molar-refractivity contribution in [1.82, 2.24) is 9.88 Å². The van der Waals surface area contributed by atoms with Crippen LogP contribution in [0.15, 0.2) is 48.7 Å². The number of halogens is 1. The quantitative estimate of drug-likeness (QED) is 0.555. The normalized spacial score (nSPS) is 18.6. The van der Waals surface area contributed by atoms with Crippen LogP contribution >= 0.6 is 0 Å². The number of fused-ring (bicyclic) bond motifs is 1. The zero-order valence-corrected chi connectivity index (χ0v) is 18.0. The van der Waals surface area contributed by atoms with Gasteiger partial charge in [-0.2, -0.15) is 0 Å². The van der Waals surface area contributed by atoms with Gasteiger partial charge in [0.2, 0.25) is 5.91 Å². The number of aliphatic hydroxyl groups excluding tert-OH is 1. The van der Waals surface area contributed by atoms with Crippen molar-refractivity contribution in [1.29, 1.82) is 0 Å². The zero-order valence-electron chi connectivity index (χ0n) is 18.0. The van der Waals surface area contributed by atoms with Gasteiger partial charge in [-0.3, -0.25) is 9.59 Å². The van der Waals surface area contributed by atoms with Crippen LogP contribution in [-0.2, 0) is 22.5 Å². The third-order valence-corrected chi connectivity index (χ3v) is 5.91. The van der Waals surface area contributed by atoms with Crippen molar-refractivity contribution in [2.75, 3.05) is 13.2 Å². The predicted octanol–water partition coefficient (Wildman–Crippen LogP) is 3.23. The smallest absolute Gasteiger partial charge is 0.224 e. The van der Waals surface area contributed by atoms with Crippen molar-refractivity contribution >= 4 is 22.6 Å². The third-order valence-electron chi connectivity index (χ3n) is 5.91. The van der Waals surface area contributed by atoms with E-state index in [2.05, 4.69) is 5.32 Å². The van der Waals surface area contributed by atoms with Gasteiger partial charge in [0.25, 0.3) is 0 Å². The van der Waals surface area contributed by atoms with Crippen molar-refractivity contribution in [3.63, 3.8) is 0 Å². The van der Waals surface area contributed by atoms with E-state index < -0.39 is 6.10 Å². The summed E-state index contributed by atoms with van der Waals surface area (Å²) in [6.07, 6.45) is 2.07. The number of nitrogens with one attached hydrogen (secondary N) is 1. The van der Waals surface area contributed by atoms with E-state index in [0.29, 0.717) is 48.0 Å². The van der Waals surface area contributed by atoms with Crippen LogP contribution in [0.5, 0.6) is 0 Å². The first-order chi connectivity index (χ1) is 15.5. The molecule has 1 aliphatic rings. The number of hydrogen-bond donors (Lipinski definition) is 2. The number of ketones is 1. The van der Waals surface area contributed by atoms with Gasteiger partial charge in [0.05, 0.1) is 30.7 Å². The second-order valence-electron chi connectivity index (χ2n) is 8.17. The van der Waals surface area contributed by atoms with Crippen molar-refractivity contribution in [3.8, 4) is 0 Å². The molecule has 0 saturated carbocycles. The Morgan fingerprint density at radius 2 is 2.00 bits per heavy atom. The Kier molecular flexibility index (Phi) is 6.67. The number of rotatable bonds is 7. The molecule has 32 heavy (non-hydrogen) atoms. The molecule has 1 fully saturated rings. The summed E-state index contributed by atoms with van der Waals surface area (Å²) in [6, 6.07) is 11.9. The standard InChI is InChI=1S/C25H27FN2O4/c1-2-22(29)17-8-6-16(7-9-17)13-28-14-18(25-19(26)4-3-5-21(25)28)12-24(31)27-20-10-11-32-15-23(20)30/h3-9,14,20,23,30H,2,10-13,15H2,1H3,(H,27,31)/t20-,23-/m0/s1. The molecule has 1 amide bonds. The lowest BCUT2D eigenvalue weighted by Gasteiger charge is -2.28. The van der Waals surface area contributed by atoms with Gasteiger partial charge in [-0.25, -0.2) is 4.39 Å². The molecule has 1 aromatic heterocycles. The van der Waals surface area contributed by atoms with Crippen LogP contribution in [0.4, 0.5) is 4.39 Å². The first-order valence-corrected chi connectivity index (χ1v) is 10.9. The minimum Gasteiger partial charge on any atom is -0.389 e. The Morgan fingerprint density at radius 3 is 2.72 bits per heavy atom. The molecule has 2 N–H and O–H groups in total. The summed E-state index contributed by atoms with van der Waals surface area (Å²) in [5, 5.41) is 13.3. The molecule has 0 aliphatic carbocycles. The van der Waals surface area contributed by atoms with Gasteiger partial charge in [0.15, 0.2) is 5.78 Å². The zero-order chi connectivity index (χ0) is 22.7. The summed E-state index contributed by atoms with van der Waals surface area (Å²) in [7, 11) is 0. The van der Waals surface area contributed by atoms with E-state index in [4.69, 9.17) is 4.74 Å². The minimum atomic E-state index is -0.742. The predicted molar refractivity (Wildman–Crippen MR) is 119 cm³/mol. The largest absolute Gasteiger partial charge is 0.389 e. The molecule has 1 saturated heterocycles. The number of aromatic nitrogens is 1. The topological polar surface area (TPSA) is 80.6 Å². The lowest BCUT2D eigenvalue weighted by Crippen LogP contribution is -2.49. The number of amides is 1. The second kappa shape index (κ2) is 9.63. The fourth-order valence-electron chi connectivity index (χ4n) is 4.18. The van der Waals surface area contributed by atoms with E-state index in [0.717, 1.165) is 5.56 Å². The Hall–Kier alpha value is -3.03. The fourth-order valence-corrected chi connectivity index (χ4v) is 4.18. The van der Waals surface area contributed by atoms with Crippen LogP contribution in [-0.4, -0.2) is 46.7 Å². The maximum atomic E-state index is 14.7. The maximum Gasteiger partial charge on any atom is 0.224 e. The third kappa shape index (κ3) is 4.74. The molecule has 0 unspecified atom stereocenters. The van der Waals surface area contributed by atoms with E-state index in [1.807, 2.05) is 29.7 Å². The number of hydrogen-bond acceptors (Lipinski definition) is 4. The maximum absolute atomic E-state index is 14.7. The lowest BCUT2D eigenvalue weighted by atomic mass is 10.0. The van der Waals surface area contributed by atoms with Gasteiger partial charge in [-0.1, -0.05) is 37.3 Å². The number of carbonyl (C=O) groups is 2. The number of benzene rings is 2. The number of carbonyl (C=O) groups excluding carboxylic acids is 2. The number of ether oxygens (including phenoxy) is 1. The number of aliphatic hydroxyl groups is 1. The van der Waals surface area contributed by atoms with E-state index in [1.54, 1.807) is 24.4 Å². The van der Waals surface area contributed by atoms with Crippen LogP contribution in [0.25, 0.3) is 10.9 Å². The molecule has 3 aromatic rings. The molecule has 2 heterocycles. The molecule has 168 valence electrons. The Morgan fingerprint density at radius 1 is 1.22 bits per heavy atom. The molecular formula is C25H27FN2O4. The van der Waals surface area contributed by atoms with E-state index in [9.17, 15) is 19.1 Å². The number of nitrogens with zero attached hydrogens (tertiary/aromatic N) is 1. The summed E-state index contributed by atoms with van der Waals surface area (Å²) in [6.45, 7) is 3.00. The second-order valence-corrected chi connectivity index (χ2v) is 8.17. The molecule has 0 bridgehead atoms. The fraction of sp³-hybridized carbons (Fsp3) is 0.360. The highest BCUT2D eigenvalue weighted by molar-refractivity contribution is 5.95. The first kappa shape index (κ1) is 22.2. The summed E-state index contributed by atoms with van der Waals surface area (Å²) in [5.41, 5.74) is 2.94. The highest BCUT2D eigenvalue weighted by atomic mass is 19.1. The van der Waals surface area contributed by atoms with Gasteiger partial charge in [-0.15, -0.1) is 0 Å². The molecule has 4 rings (SSSR count). The van der Waals surface area contributed by atoms with Gasteiger partial charge in [0, 0.05) is 36.7 Å². The summed E-state index contributed by atoms with van der Waals surface area (Å²) in [5.74, 6) is -0.548. The summed E-state index contributed by atoms with van der Waals surface area (Å²) < 4.78 is 21.8. The van der Waals surface area contributed by atoms with Crippen molar-refractivity contribution in [2.24, 2.45) is 0 Å². The highest BCUT2D eigenvalue weighted by Crippen LogP contribution is 2.26. The Balaban J connectivity index is 1.56. The molecule has 0 radical (unpaired) electrons. The molecule has 2 aromatic carbocycles. The molecule has 0 spiro atoms. The summed E-state index contributed by atoms with van der Waals surface area (Å²) in [4.78, 5) is 24.5. The Labute approximate surface area is 186 Å². The molecule has 2 atom stereocenters. The van der Waals surface area contributed by atoms with Crippen LogP contribution in [0, 0.1) is 5.82 Å². The first-order valence-electron chi connectivity index (χ1n) is 10.9. The van der Waals surface area contributed by atoms with Crippen LogP contribution < -0.4 is 5.32 Å². The van der Waals surface area contributed by atoms with Gasteiger partial charge in [0.1, 0.15) is 5.82 Å². The Bertz CT molecular complexity index is 1120. The van der Waals surface area contributed by atoms with Crippen LogP contribution in [0.2, 0.25) is 0 Å². The minimum absolute atomic E-state index is 0.0124. The monoisotopic (exact) mass is 438 g/mol. The average Bonchev–Trinajstić information content (AvgIpc) is 3.13. The van der Waals surface area contributed by atoms with Crippen molar-refractivity contribution in [2.45, 2.75) is 44.9 Å². The van der Waals surface area contributed by atoms with Gasteiger partial charge >= 0.3 is 0 Å². The average molecular weight is 438 g/mol. The van der Waals surface area contributed by atoms with Gasteiger partial charge < -0.3 is 19.7 Å². The van der Waals surface area contributed by atoms with E-state index in [1.165, 1.54) is 6.07 Å². The SMILES string of the molecule is CCC(=O)c1ccc(Cn2cc(CC(=O)N[C@H]3CCOC[C@@H]3O)c3c(F)cccc32)cc1. The van der Waals surface area contributed by atoms with Crippen LogP contribution in [0.1, 0.15) is 41.3 Å². The summed E-state index contributed by atoms with van der Waals surface area (Å²) >= 11 is 0. The molecular weight excluding hydrogens is 411 g/mol. The lowest BCUT2D eigenvalue weighted by molar-refractivity contribution is -0.123. The van der Waals surface area contributed by atoms with E-state index >= 15 is 0 Å².